The summed E-state index contributed by atoms with van der Waals surface area (Å²) in [6, 6.07) is 0. The highest BCUT2D eigenvalue weighted by atomic mass is 16.2. The van der Waals surface area contributed by atoms with Crippen LogP contribution in [0.25, 0.3) is 0 Å². The number of nitrogens with one attached hydrogen (secondary N) is 1. The van der Waals surface area contributed by atoms with Gasteiger partial charge >= 0.3 is 0 Å². The number of carbonyl (C=O) groups is 2. The summed E-state index contributed by atoms with van der Waals surface area (Å²) in [4.78, 5) is 23.9. The molecule has 1 aliphatic heterocycles. The van der Waals surface area contributed by atoms with Gasteiger partial charge in [-0.15, -0.1) is 0 Å². The predicted molar refractivity (Wildman–Crippen MR) is 70.6 cm³/mol. The summed E-state index contributed by atoms with van der Waals surface area (Å²) in [5.74, 6) is 0.230. The molecule has 0 aromatic heterocycles. The van der Waals surface area contributed by atoms with E-state index in [1.165, 1.54) is 6.42 Å². The predicted octanol–water partition coefficient (Wildman–Crippen LogP) is 0.794. The molecule has 2 aliphatic carbocycles. The summed E-state index contributed by atoms with van der Waals surface area (Å²) >= 11 is 0. The molecule has 0 spiro atoms. The molecule has 4 atom stereocenters. The van der Waals surface area contributed by atoms with E-state index in [4.69, 9.17) is 5.73 Å². The Bertz CT molecular complexity index is 466. The minimum atomic E-state index is -0.685. The van der Waals surface area contributed by atoms with Crippen LogP contribution in [-0.4, -0.2) is 28.9 Å². The van der Waals surface area contributed by atoms with Crippen molar-refractivity contribution in [2.24, 2.45) is 22.5 Å². The molecule has 3 rings (SSSR count). The molecule has 4 unspecified atom stereocenters. The number of piperidine rings is 1. The fraction of sp³-hybridized carbons (Fsp3) is 0.857. The number of hydrogen-bond acceptors (Lipinski definition) is 3. The van der Waals surface area contributed by atoms with E-state index in [0.29, 0.717) is 12.3 Å². The van der Waals surface area contributed by atoms with Crippen LogP contribution in [0.5, 0.6) is 0 Å². The third kappa shape index (κ3) is 1.16. The lowest BCUT2D eigenvalue weighted by Crippen LogP contribution is -2.66. The number of hydrazine groups is 1. The zero-order valence-corrected chi connectivity index (χ0v) is 12.0. The van der Waals surface area contributed by atoms with E-state index in [0.717, 1.165) is 19.4 Å². The van der Waals surface area contributed by atoms with Crippen molar-refractivity contribution in [1.82, 2.24) is 10.4 Å². The number of nitrogens with zero attached hydrogens (tertiary/aromatic N) is 1. The van der Waals surface area contributed by atoms with E-state index >= 15 is 0 Å². The second kappa shape index (κ2) is 3.51. The van der Waals surface area contributed by atoms with Crippen molar-refractivity contribution in [1.29, 1.82) is 0 Å². The van der Waals surface area contributed by atoms with Crippen molar-refractivity contribution in [3.05, 3.63) is 0 Å². The van der Waals surface area contributed by atoms with Gasteiger partial charge in [0.15, 0.2) is 0 Å². The van der Waals surface area contributed by atoms with E-state index in [2.05, 4.69) is 19.3 Å². The van der Waals surface area contributed by atoms with Gasteiger partial charge in [-0.1, -0.05) is 20.8 Å². The second-order valence-electron chi connectivity index (χ2n) is 6.89. The highest BCUT2D eigenvalue weighted by molar-refractivity contribution is 5.88. The molecule has 3 N–H and O–H groups in total. The molecule has 3 fully saturated rings. The van der Waals surface area contributed by atoms with Crippen LogP contribution in [0.1, 0.15) is 46.5 Å². The summed E-state index contributed by atoms with van der Waals surface area (Å²) in [5, 5.41) is 1.86. The Morgan fingerprint density at radius 3 is 2.63 bits per heavy atom. The van der Waals surface area contributed by atoms with Crippen LogP contribution in [0.4, 0.5) is 0 Å². The summed E-state index contributed by atoms with van der Waals surface area (Å²) in [6.45, 7) is 7.00. The Hall–Kier alpha value is -1.10. The van der Waals surface area contributed by atoms with Crippen molar-refractivity contribution in [2.75, 3.05) is 6.54 Å². The summed E-state index contributed by atoms with van der Waals surface area (Å²) in [6.07, 6.45) is 3.41. The molecule has 5 heteroatoms. The van der Waals surface area contributed by atoms with Gasteiger partial charge in [-0.05, 0) is 30.6 Å². The molecule has 0 aromatic rings. The van der Waals surface area contributed by atoms with Crippen molar-refractivity contribution in [2.45, 2.75) is 52.0 Å². The Balaban J connectivity index is 2.03. The third-order valence-electron chi connectivity index (χ3n) is 6.54. The second-order valence-corrected chi connectivity index (χ2v) is 6.89. The van der Waals surface area contributed by atoms with Crippen LogP contribution in [0, 0.1) is 16.7 Å². The first kappa shape index (κ1) is 12.9. The Kier molecular flexibility index (Phi) is 2.38. The molecule has 0 aromatic carbocycles. The van der Waals surface area contributed by atoms with Gasteiger partial charge in [0, 0.05) is 18.4 Å². The normalized spacial score (nSPS) is 47.6. The summed E-state index contributed by atoms with van der Waals surface area (Å²) < 4.78 is 0. The average Bonchev–Trinajstić information content (AvgIpc) is 2.79. The summed E-state index contributed by atoms with van der Waals surface area (Å²) in [7, 11) is 0. The average molecular weight is 265 g/mol. The maximum atomic E-state index is 12.2. The first-order valence-electron chi connectivity index (χ1n) is 7.19. The van der Waals surface area contributed by atoms with Crippen molar-refractivity contribution in [3.63, 3.8) is 0 Å². The molecular weight excluding hydrogens is 242 g/mol. The number of primary amides is 1. The molecule has 3 aliphatic rings. The minimum Gasteiger partial charge on any atom is -0.368 e. The lowest BCUT2D eigenvalue weighted by molar-refractivity contribution is -0.144. The first-order chi connectivity index (χ1) is 8.82. The standard InChI is InChI=1S/C14H23N3O2/c1-4-10(18)16-17-8-12(2)9-5-6-13(12,3)14(17,7-9)11(15)19/h9H,4-8H2,1-3H3,(H2,15,19)(H,16,18). The Morgan fingerprint density at radius 1 is 1.42 bits per heavy atom. The van der Waals surface area contributed by atoms with Gasteiger partial charge in [-0.2, -0.15) is 0 Å². The smallest absolute Gasteiger partial charge is 0.240 e. The van der Waals surface area contributed by atoms with Gasteiger partial charge < -0.3 is 5.73 Å². The third-order valence-corrected chi connectivity index (χ3v) is 6.54. The maximum Gasteiger partial charge on any atom is 0.240 e. The van der Waals surface area contributed by atoms with Crippen LogP contribution in [0.2, 0.25) is 0 Å². The number of amides is 2. The highest BCUT2D eigenvalue weighted by Gasteiger charge is 2.80. The fourth-order valence-electron chi connectivity index (χ4n) is 5.15. The van der Waals surface area contributed by atoms with Gasteiger partial charge in [-0.3, -0.25) is 15.0 Å². The van der Waals surface area contributed by atoms with E-state index in [9.17, 15) is 9.59 Å². The molecule has 2 saturated carbocycles. The van der Waals surface area contributed by atoms with E-state index < -0.39 is 5.54 Å². The topological polar surface area (TPSA) is 75.4 Å². The van der Waals surface area contributed by atoms with Crippen molar-refractivity contribution >= 4 is 11.8 Å². The molecule has 0 radical (unpaired) electrons. The van der Waals surface area contributed by atoms with Crippen molar-refractivity contribution < 1.29 is 9.59 Å². The van der Waals surface area contributed by atoms with E-state index in [1.54, 1.807) is 0 Å². The molecule has 19 heavy (non-hydrogen) atoms. The molecule has 106 valence electrons. The highest BCUT2D eigenvalue weighted by Crippen LogP contribution is 2.75. The van der Waals surface area contributed by atoms with Gasteiger partial charge in [0.2, 0.25) is 11.8 Å². The van der Waals surface area contributed by atoms with Gasteiger partial charge in [0.25, 0.3) is 0 Å². The zero-order valence-electron chi connectivity index (χ0n) is 12.0. The van der Waals surface area contributed by atoms with E-state index in [1.807, 2.05) is 11.9 Å². The maximum absolute atomic E-state index is 12.2. The largest absolute Gasteiger partial charge is 0.368 e. The van der Waals surface area contributed by atoms with E-state index in [-0.39, 0.29) is 22.6 Å². The number of nitrogens with two attached hydrogens (primary N) is 1. The lowest BCUT2D eigenvalue weighted by atomic mass is 9.65. The number of hydrogen-bond donors (Lipinski definition) is 2. The molecule has 2 amide bonds. The van der Waals surface area contributed by atoms with Gasteiger partial charge in [0.05, 0.1) is 0 Å². The first-order valence-corrected chi connectivity index (χ1v) is 7.19. The summed E-state index contributed by atoms with van der Waals surface area (Å²) in [5.41, 5.74) is 7.97. The van der Waals surface area contributed by atoms with Gasteiger partial charge in [0.1, 0.15) is 5.54 Å². The van der Waals surface area contributed by atoms with Crippen LogP contribution >= 0.6 is 0 Å². The fourth-order valence-corrected chi connectivity index (χ4v) is 5.15. The lowest BCUT2D eigenvalue weighted by Gasteiger charge is -2.45. The number of carbonyl (C=O) groups excluding carboxylic acids is 2. The van der Waals surface area contributed by atoms with Gasteiger partial charge in [-0.25, -0.2) is 5.01 Å². The number of rotatable bonds is 3. The Morgan fingerprint density at radius 2 is 2.11 bits per heavy atom. The molecule has 5 nitrogen and oxygen atoms in total. The zero-order chi connectivity index (χ0) is 14.1. The molecular formula is C14H23N3O2. The minimum absolute atomic E-state index is 0.0451. The molecule has 1 saturated heterocycles. The quantitative estimate of drug-likeness (QED) is 0.792. The van der Waals surface area contributed by atoms with Crippen LogP contribution in [0.15, 0.2) is 0 Å². The SMILES string of the molecule is CCC(=O)NN1CC2(C)C3CCC2(C)C1(C(N)=O)C3. The monoisotopic (exact) mass is 265 g/mol. The van der Waals surface area contributed by atoms with Crippen LogP contribution < -0.4 is 11.2 Å². The Labute approximate surface area is 113 Å². The van der Waals surface area contributed by atoms with Crippen LogP contribution in [0.3, 0.4) is 0 Å². The molecule has 1 heterocycles. The van der Waals surface area contributed by atoms with Crippen LogP contribution in [-0.2, 0) is 9.59 Å². The van der Waals surface area contributed by atoms with Crippen molar-refractivity contribution in [3.8, 4) is 0 Å². The molecule has 4 bridgehead atoms.